The maximum absolute atomic E-state index is 9.71. The molecule has 0 aliphatic carbocycles. The first-order chi connectivity index (χ1) is 8.03. The summed E-state index contributed by atoms with van der Waals surface area (Å²) < 4.78 is 4.95. The van der Waals surface area contributed by atoms with E-state index < -0.39 is 6.10 Å². The van der Waals surface area contributed by atoms with Crippen molar-refractivity contribution < 1.29 is 9.84 Å². The molecule has 4 heteroatoms. The minimum absolute atomic E-state index is 0.302. The molecule has 0 heterocycles. The predicted molar refractivity (Wildman–Crippen MR) is 72.3 cm³/mol. The predicted octanol–water partition coefficient (Wildman–Crippen LogP) is 0.951. The van der Waals surface area contributed by atoms with Gasteiger partial charge in [-0.15, -0.1) is 0 Å². The second-order valence-electron chi connectivity index (χ2n) is 5.04. The molecule has 0 saturated heterocycles. The van der Waals surface area contributed by atoms with E-state index in [9.17, 15) is 5.11 Å². The van der Waals surface area contributed by atoms with Crippen molar-refractivity contribution in [3.05, 3.63) is 0 Å². The molecule has 0 radical (unpaired) electrons. The van der Waals surface area contributed by atoms with Gasteiger partial charge in [0.25, 0.3) is 0 Å². The second-order valence-corrected chi connectivity index (χ2v) is 5.04. The third-order valence-electron chi connectivity index (χ3n) is 3.54. The lowest BCUT2D eigenvalue weighted by atomic mass is 9.81. The molecule has 17 heavy (non-hydrogen) atoms. The molecule has 0 spiro atoms. The van der Waals surface area contributed by atoms with Crippen molar-refractivity contribution >= 4 is 0 Å². The normalized spacial score (nSPS) is 14.3. The summed E-state index contributed by atoms with van der Waals surface area (Å²) in [7, 11) is 5.68. The van der Waals surface area contributed by atoms with Gasteiger partial charge in [0.15, 0.2) is 0 Å². The summed E-state index contributed by atoms with van der Waals surface area (Å²) in [5.41, 5.74) is 0.302. The van der Waals surface area contributed by atoms with Gasteiger partial charge in [0.05, 0.1) is 12.7 Å². The van der Waals surface area contributed by atoms with Gasteiger partial charge in [0.1, 0.15) is 0 Å². The Kier molecular flexibility index (Phi) is 8.78. The van der Waals surface area contributed by atoms with E-state index in [-0.39, 0.29) is 0 Å². The first-order valence-corrected chi connectivity index (χ1v) is 6.53. The summed E-state index contributed by atoms with van der Waals surface area (Å²) in [6, 6.07) is 0. The van der Waals surface area contributed by atoms with Crippen molar-refractivity contribution in [1.29, 1.82) is 0 Å². The third-order valence-corrected chi connectivity index (χ3v) is 3.54. The molecule has 0 fully saturated rings. The van der Waals surface area contributed by atoms with Gasteiger partial charge in [-0.05, 0) is 32.4 Å². The van der Waals surface area contributed by atoms with Gasteiger partial charge in [-0.3, -0.25) is 0 Å². The zero-order valence-electron chi connectivity index (χ0n) is 12.1. The Hall–Kier alpha value is -0.160. The highest BCUT2D eigenvalue weighted by molar-refractivity contribution is 4.82. The van der Waals surface area contributed by atoms with E-state index in [1.807, 2.05) is 7.05 Å². The van der Waals surface area contributed by atoms with E-state index in [4.69, 9.17) is 4.74 Å². The Morgan fingerprint density at radius 1 is 1.35 bits per heavy atom. The summed E-state index contributed by atoms with van der Waals surface area (Å²) in [6.07, 6.45) is 1.90. The molecule has 0 aliphatic rings. The fraction of sp³-hybridized carbons (Fsp3) is 1.00. The smallest absolute Gasteiger partial charge is 0.0899 e. The van der Waals surface area contributed by atoms with Crippen molar-refractivity contribution in [2.75, 3.05) is 47.4 Å². The van der Waals surface area contributed by atoms with Gasteiger partial charge < -0.3 is 20.1 Å². The van der Waals surface area contributed by atoms with Gasteiger partial charge in [-0.1, -0.05) is 13.8 Å². The number of hydrogen-bond donors (Lipinski definition) is 2. The summed E-state index contributed by atoms with van der Waals surface area (Å²) in [5, 5.41) is 13.0. The van der Waals surface area contributed by atoms with Crippen LogP contribution in [0.3, 0.4) is 0 Å². The van der Waals surface area contributed by atoms with Crippen LogP contribution in [-0.4, -0.2) is 63.6 Å². The third kappa shape index (κ3) is 6.36. The number of likely N-dealkylation sites (N-methyl/N-ethyl adjacent to an activating group) is 1. The number of aliphatic hydroxyl groups is 1. The zero-order valence-corrected chi connectivity index (χ0v) is 12.1. The second kappa shape index (κ2) is 8.86. The number of methoxy groups -OCH3 is 1. The maximum atomic E-state index is 9.71. The van der Waals surface area contributed by atoms with Crippen LogP contribution in [0.15, 0.2) is 0 Å². The van der Waals surface area contributed by atoms with E-state index in [1.54, 1.807) is 7.11 Å². The SMILES string of the molecule is CCC(CC)(CNC)CN(C)CC(O)COC. The molecule has 0 bridgehead atoms. The average molecular weight is 246 g/mol. The Balaban J connectivity index is 4.24. The van der Waals surface area contributed by atoms with Crippen LogP contribution in [0.25, 0.3) is 0 Å². The number of hydrogen-bond acceptors (Lipinski definition) is 4. The van der Waals surface area contributed by atoms with E-state index in [2.05, 4.69) is 31.1 Å². The van der Waals surface area contributed by atoms with Gasteiger partial charge in [-0.2, -0.15) is 0 Å². The highest BCUT2D eigenvalue weighted by Crippen LogP contribution is 2.26. The molecule has 0 rings (SSSR count). The van der Waals surface area contributed by atoms with Gasteiger partial charge >= 0.3 is 0 Å². The van der Waals surface area contributed by atoms with Gasteiger partial charge in [-0.25, -0.2) is 0 Å². The molecule has 104 valence electrons. The van der Waals surface area contributed by atoms with Crippen LogP contribution in [0.2, 0.25) is 0 Å². The lowest BCUT2D eigenvalue weighted by molar-refractivity contribution is 0.0321. The lowest BCUT2D eigenvalue weighted by Gasteiger charge is -2.36. The molecule has 2 N–H and O–H groups in total. The van der Waals surface area contributed by atoms with E-state index >= 15 is 0 Å². The maximum Gasteiger partial charge on any atom is 0.0899 e. The van der Waals surface area contributed by atoms with Crippen molar-refractivity contribution in [1.82, 2.24) is 10.2 Å². The molecule has 0 saturated carbocycles. The minimum Gasteiger partial charge on any atom is -0.389 e. The first kappa shape index (κ1) is 16.8. The van der Waals surface area contributed by atoms with Crippen LogP contribution < -0.4 is 5.32 Å². The Bertz CT molecular complexity index is 184. The van der Waals surface area contributed by atoms with E-state index in [1.165, 1.54) is 0 Å². The van der Waals surface area contributed by atoms with Crippen LogP contribution in [0.5, 0.6) is 0 Å². The highest BCUT2D eigenvalue weighted by Gasteiger charge is 2.27. The summed E-state index contributed by atoms with van der Waals surface area (Å²) in [6.45, 7) is 7.56. The molecule has 1 unspecified atom stereocenters. The summed E-state index contributed by atoms with van der Waals surface area (Å²) in [4.78, 5) is 2.20. The van der Waals surface area contributed by atoms with Crippen molar-refractivity contribution in [3.63, 3.8) is 0 Å². The molecular formula is C13H30N2O2. The molecule has 0 amide bonds. The quantitative estimate of drug-likeness (QED) is 0.602. The first-order valence-electron chi connectivity index (χ1n) is 6.53. The van der Waals surface area contributed by atoms with Crippen molar-refractivity contribution in [2.24, 2.45) is 5.41 Å². The topological polar surface area (TPSA) is 44.7 Å². The molecule has 0 aliphatic heterocycles. The zero-order chi connectivity index (χ0) is 13.3. The van der Waals surface area contributed by atoms with Crippen LogP contribution in [0.4, 0.5) is 0 Å². The summed E-state index contributed by atoms with van der Waals surface area (Å²) >= 11 is 0. The number of ether oxygens (including phenoxy) is 1. The standard InChI is InChI=1S/C13H30N2O2/c1-6-13(7-2,10-14-3)11-15(4)8-12(16)9-17-5/h12,14,16H,6-11H2,1-5H3. The molecule has 1 atom stereocenters. The number of aliphatic hydroxyl groups excluding tert-OH is 1. The monoisotopic (exact) mass is 246 g/mol. The Morgan fingerprint density at radius 2 is 1.94 bits per heavy atom. The fourth-order valence-electron chi connectivity index (χ4n) is 2.40. The van der Waals surface area contributed by atoms with Crippen LogP contribution in [-0.2, 0) is 4.74 Å². The number of rotatable bonds is 10. The van der Waals surface area contributed by atoms with Crippen molar-refractivity contribution in [3.8, 4) is 0 Å². The van der Waals surface area contributed by atoms with Gasteiger partial charge in [0, 0.05) is 26.7 Å². The van der Waals surface area contributed by atoms with Crippen LogP contribution in [0.1, 0.15) is 26.7 Å². The van der Waals surface area contributed by atoms with E-state index in [0.717, 1.165) is 25.9 Å². The number of nitrogens with zero attached hydrogens (tertiary/aromatic N) is 1. The van der Waals surface area contributed by atoms with E-state index in [0.29, 0.717) is 18.6 Å². The largest absolute Gasteiger partial charge is 0.389 e. The van der Waals surface area contributed by atoms with Crippen molar-refractivity contribution in [2.45, 2.75) is 32.8 Å². The molecule has 4 nitrogen and oxygen atoms in total. The molecule has 0 aromatic carbocycles. The van der Waals surface area contributed by atoms with Crippen LogP contribution in [0, 0.1) is 5.41 Å². The van der Waals surface area contributed by atoms with Crippen LogP contribution >= 0.6 is 0 Å². The number of nitrogens with one attached hydrogen (secondary N) is 1. The molecular weight excluding hydrogens is 216 g/mol. The minimum atomic E-state index is -0.397. The average Bonchev–Trinajstić information content (AvgIpc) is 2.28. The van der Waals surface area contributed by atoms with Gasteiger partial charge in [0.2, 0.25) is 0 Å². The highest BCUT2D eigenvalue weighted by atomic mass is 16.5. The lowest BCUT2D eigenvalue weighted by Crippen LogP contribution is -2.44. The molecule has 0 aromatic rings. The fourth-order valence-corrected chi connectivity index (χ4v) is 2.40. The summed E-state index contributed by atoms with van der Waals surface area (Å²) in [5.74, 6) is 0. The molecule has 0 aromatic heterocycles. The Morgan fingerprint density at radius 3 is 2.35 bits per heavy atom. The Labute approximate surface area is 106 Å².